The molecule has 2 N–H and O–H groups in total. The summed E-state index contributed by atoms with van der Waals surface area (Å²) < 4.78 is 6.15. The number of likely N-dealkylation sites (tertiary alicyclic amines) is 1. The van der Waals surface area contributed by atoms with Gasteiger partial charge in [-0.05, 0) is 37.0 Å². The molecule has 1 fully saturated rings. The first-order chi connectivity index (χ1) is 10.9. The maximum absolute atomic E-state index is 12.4. The number of hydrogen-bond donors (Lipinski definition) is 1. The molecule has 0 bridgehead atoms. The monoisotopic (exact) mass is 354 g/mol. The Balaban J connectivity index is 0.00000288. The number of carbonyl (C=O) groups excluding carboxylic acids is 1. The van der Waals surface area contributed by atoms with E-state index in [1.165, 1.54) is 5.56 Å². The van der Waals surface area contributed by atoms with Gasteiger partial charge < -0.3 is 15.4 Å². The molecule has 1 aliphatic rings. The molecule has 2 rings (SSSR count). The second-order valence-corrected chi connectivity index (χ2v) is 6.82. The minimum Gasteiger partial charge on any atom is -0.490 e. The molecule has 0 saturated carbocycles. The van der Waals surface area contributed by atoms with Crippen molar-refractivity contribution in [3.8, 4) is 5.75 Å². The number of halogens is 1. The molecule has 1 aromatic rings. The molecule has 0 radical (unpaired) electrons. The lowest BCUT2D eigenvalue weighted by Crippen LogP contribution is -2.50. The molecule has 1 aromatic carbocycles. The van der Waals surface area contributed by atoms with Gasteiger partial charge in [0.2, 0.25) is 5.91 Å². The van der Waals surface area contributed by atoms with E-state index >= 15 is 0 Å². The van der Waals surface area contributed by atoms with Crippen molar-refractivity contribution in [3.63, 3.8) is 0 Å². The lowest BCUT2D eigenvalue weighted by Gasteiger charge is -2.34. The molecular formula is C19H31ClN2O2. The van der Waals surface area contributed by atoms with Crippen molar-refractivity contribution in [1.29, 1.82) is 0 Å². The summed E-state index contributed by atoms with van der Waals surface area (Å²) in [5.74, 6) is 1.28. The van der Waals surface area contributed by atoms with Crippen LogP contribution in [0.3, 0.4) is 0 Å². The van der Waals surface area contributed by atoms with E-state index in [1.54, 1.807) is 0 Å². The second kappa shape index (κ2) is 9.28. The largest absolute Gasteiger partial charge is 0.490 e. The van der Waals surface area contributed by atoms with Gasteiger partial charge in [-0.15, -0.1) is 12.4 Å². The average Bonchev–Trinajstić information content (AvgIpc) is 2.56. The van der Waals surface area contributed by atoms with Crippen LogP contribution in [0.15, 0.2) is 18.2 Å². The van der Waals surface area contributed by atoms with Gasteiger partial charge in [0.25, 0.3) is 0 Å². The van der Waals surface area contributed by atoms with E-state index in [0.29, 0.717) is 0 Å². The zero-order valence-electron chi connectivity index (χ0n) is 15.2. The van der Waals surface area contributed by atoms with Crippen LogP contribution in [0.4, 0.5) is 0 Å². The highest BCUT2D eigenvalue weighted by molar-refractivity contribution is 5.85. The quantitative estimate of drug-likeness (QED) is 0.880. The Morgan fingerprint density at radius 2 is 1.96 bits per heavy atom. The van der Waals surface area contributed by atoms with Crippen molar-refractivity contribution < 1.29 is 9.53 Å². The maximum atomic E-state index is 12.4. The molecule has 2 atom stereocenters. The van der Waals surface area contributed by atoms with E-state index in [9.17, 15) is 4.79 Å². The molecule has 2 unspecified atom stereocenters. The van der Waals surface area contributed by atoms with Crippen LogP contribution in [0.2, 0.25) is 0 Å². The highest BCUT2D eigenvalue weighted by Gasteiger charge is 2.29. The number of rotatable bonds is 5. The van der Waals surface area contributed by atoms with Crippen molar-refractivity contribution in [2.75, 3.05) is 13.1 Å². The smallest absolute Gasteiger partial charge is 0.239 e. The molecule has 1 amide bonds. The number of nitrogens with zero attached hydrogens (tertiary/aromatic N) is 1. The third-order valence-corrected chi connectivity index (χ3v) is 4.93. The van der Waals surface area contributed by atoms with E-state index in [2.05, 4.69) is 39.0 Å². The fourth-order valence-electron chi connectivity index (χ4n) is 2.92. The first-order valence-corrected chi connectivity index (χ1v) is 8.70. The first-order valence-electron chi connectivity index (χ1n) is 8.70. The van der Waals surface area contributed by atoms with Crippen LogP contribution >= 0.6 is 12.4 Å². The van der Waals surface area contributed by atoms with Crippen molar-refractivity contribution in [1.82, 2.24) is 4.90 Å². The normalized spacial score (nSPS) is 17.8. The first kappa shape index (κ1) is 20.8. The molecule has 0 spiro atoms. The Kier molecular flexibility index (Phi) is 8.04. The van der Waals surface area contributed by atoms with Gasteiger partial charge in [0.05, 0.1) is 6.04 Å². The molecule has 1 heterocycles. The van der Waals surface area contributed by atoms with Gasteiger partial charge >= 0.3 is 0 Å². The van der Waals surface area contributed by atoms with Crippen LogP contribution < -0.4 is 10.5 Å². The van der Waals surface area contributed by atoms with Gasteiger partial charge in [-0.25, -0.2) is 0 Å². The van der Waals surface area contributed by atoms with Crippen LogP contribution in [-0.2, 0) is 4.79 Å². The standard InChI is InChI=1S/C19H30N2O2.ClH/c1-5-14(3)18(20)19(22)21-10-8-16(9-11-21)23-17-12-13(2)6-7-15(17)4;/h6-7,12,14,16,18H,5,8-11,20H2,1-4H3;1H. The van der Waals surface area contributed by atoms with Gasteiger partial charge in [0.1, 0.15) is 11.9 Å². The lowest BCUT2D eigenvalue weighted by atomic mass is 9.97. The number of hydrogen-bond acceptors (Lipinski definition) is 3. The molecule has 24 heavy (non-hydrogen) atoms. The van der Waals surface area contributed by atoms with E-state index in [4.69, 9.17) is 10.5 Å². The summed E-state index contributed by atoms with van der Waals surface area (Å²) in [5, 5.41) is 0. The second-order valence-electron chi connectivity index (χ2n) is 6.82. The molecule has 0 aromatic heterocycles. The minimum atomic E-state index is -0.378. The number of aryl methyl sites for hydroxylation is 2. The fourth-order valence-corrected chi connectivity index (χ4v) is 2.92. The SMILES string of the molecule is CCC(C)C(N)C(=O)N1CCC(Oc2cc(C)ccc2C)CC1.Cl. The zero-order valence-corrected chi connectivity index (χ0v) is 16.1. The predicted octanol–water partition coefficient (Wildman–Crippen LogP) is 3.47. The summed E-state index contributed by atoms with van der Waals surface area (Å²) in [6, 6.07) is 5.90. The Labute approximate surface area is 152 Å². The number of nitrogens with two attached hydrogens (primary N) is 1. The molecule has 136 valence electrons. The van der Waals surface area contributed by atoms with Crippen molar-refractivity contribution >= 4 is 18.3 Å². The van der Waals surface area contributed by atoms with E-state index in [0.717, 1.165) is 43.7 Å². The van der Waals surface area contributed by atoms with Crippen LogP contribution in [-0.4, -0.2) is 36.0 Å². The highest BCUT2D eigenvalue weighted by atomic mass is 35.5. The van der Waals surface area contributed by atoms with E-state index in [1.807, 2.05) is 11.8 Å². The third-order valence-electron chi connectivity index (χ3n) is 4.93. The van der Waals surface area contributed by atoms with Gasteiger partial charge in [0.15, 0.2) is 0 Å². The molecule has 4 nitrogen and oxygen atoms in total. The summed E-state index contributed by atoms with van der Waals surface area (Å²) >= 11 is 0. The zero-order chi connectivity index (χ0) is 17.0. The number of benzene rings is 1. The number of ether oxygens (including phenoxy) is 1. The molecular weight excluding hydrogens is 324 g/mol. The molecule has 1 aliphatic heterocycles. The average molecular weight is 355 g/mol. The lowest BCUT2D eigenvalue weighted by molar-refractivity contribution is -0.135. The van der Waals surface area contributed by atoms with Gasteiger partial charge in [-0.2, -0.15) is 0 Å². The topological polar surface area (TPSA) is 55.6 Å². The third kappa shape index (κ3) is 5.12. The Morgan fingerprint density at radius 3 is 2.54 bits per heavy atom. The number of piperidine rings is 1. The molecule has 1 saturated heterocycles. The van der Waals surface area contributed by atoms with E-state index in [-0.39, 0.29) is 36.4 Å². The highest BCUT2D eigenvalue weighted by Crippen LogP contribution is 2.24. The number of amides is 1. The van der Waals surface area contributed by atoms with Crippen LogP contribution in [0, 0.1) is 19.8 Å². The summed E-state index contributed by atoms with van der Waals surface area (Å²) in [6.07, 6.45) is 2.84. The van der Waals surface area contributed by atoms with Gasteiger partial charge in [-0.3, -0.25) is 4.79 Å². The minimum absolute atomic E-state index is 0. The van der Waals surface area contributed by atoms with Crippen LogP contribution in [0.5, 0.6) is 5.75 Å². The summed E-state index contributed by atoms with van der Waals surface area (Å²) in [7, 11) is 0. The van der Waals surface area contributed by atoms with Crippen molar-refractivity contribution in [3.05, 3.63) is 29.3 Å². The molecule has 0 aliphatic carbocycles. The van der Waals surface area contributed by atoms with Gasteiger partial charge in [0, 0.05) is 25.9 Å². The summed E-state index contributed by atoms with van der Waals surface area (Å²) in [4.78, 5) is 14.3. The van der Waals surface area contributed by atoms with Crippen molar-refractivity contribution in [2.24, 2.45) is 11.7 Å². The summed E-state index contributed by atoms with van der Waals surface area (Å²) in [6.45, 7) is 9.72. The Hall–Kier alpha value is -1.26. The van der Waals surface area contributed by atoms with Crippen molar-refractivity contribution in [2.45, 2.75) is 59.1 Å². The van der Waals surface area contributed by atoms with E-state index < -0.39 is 0 Å². The number of carbonyl (C=O) groups is 1. The maximum Gasteiger partial charge on any atom is 0.239 e. The Morgan fingerprint density at radius 1 is 1.33 bits per heavy atom. The molecule has 5 heteroatoms. The van der Waals surface area contributed by atoms with Crippen LogP contribution in [0.25, 0.3) is 0 Å². The summed E-state index contributed by atoms with van der Waals surface area (Å²) in [5.41, 5.74) is 8.44. The van der Waals surface area contributed by atoms with Gasteiger partial charge in [-0.1, -0.05) is 32.4 Å². The van der Waals surface area contributed by atoms with Crippen LogP contribution in [0.1, 0.15) is 44.2 Å². The fraction of sp³-hybridized carbons (Fsp3) is 0.632. The predicted molar refractivity (Wildman–Crippen MR) is 101 cm³/mol. The Bertz CT molecular complexity index is 542.